The van der Waals surface area contributed by atoms with Gasteiger partial charge in [0.1, 0.15) is 0 Å². The third-order valence-corrected chi connectivity index (χ3v) is 4.83. The molecule has 1 aromatic heterocycles. The largest absolute Gasteiger partial charge is 0.338 e. The zero-order chi connectivity index (χ0) is 17.1. The lowest BCUT2D eigenvalue weighted by molar-refractivity contribution is 0.0673. The normalized spacial score (nSPS) is 18.0. The van der Waals surface area contributed by atoms with E-state index in [9.17, 15) is 4.79 Å². The van der Waals surface area contributed by atoms with Crippen LogP contribution in [0.25, 0.3) is 5.69 Å². The van der Waals surface area contributed by atoms with Gasteiger partial charge in [-0.05, 0) is 57.5 Å². The molecule has 1 aliphatic rings. The van der Waals surface area contributed by atoms with Gasteiger partial charge in [-0.3, -0.25) is 4.79 Å². The predicted molar refractivity (Wildman–Crippen MR) is 95.9 cm³/mol. The molecule has 0 spiro atoms. The number of likely N-dealkylation sites (tertiary alicyclic amines) is 1. The van der Waals surface area contributed by atoms with Crippen LogP contribution in [0.15, 0.2) is 30.5 Å². The highest BCUT2D eigenvalue weighted by atomic mass is 35.5. The Bertz CT molecular complexity index is 726. The van der Waals surface area contributed by atoms with E-state index in [0.717, 1.165) is 37.4 Å². The lowest BCUT2D eigenvalue weighted by atomic mass is 9.97. The average molecular weight is 347 g/mol. The minimum absolute atomic E-state index is 0.0709. The average Bonchev–Trinajstić information content (AvgIpc) is 2.96. The Labute approximate surface area is 147 Å². The highest BCUT2D eigenvalue weighted by molar-refractivity contribution is 6.30. The van der Waals surface area contributed by atoms with Crippen molar-refractivity contribution >= 4 is 17.5 Å². The minimum atomic E-state index is 0.0709. The topological polar surface area (TPSA) is 50.2 Å². The zero-order valence-electron chi connectivity index (χ0n) is 14.1. The Hall–Kier alpha value is -1.85. The molecule has 0 bridgehead atoms. The maximum absolute atomic E-state index is 12.9. The van der Waals surface area contributed by atoms with Gasteiger partial charge in [-0.15, -0.1) is 0 Å². The monoisotopic (exact) mass is 346 g/mol. The van der Waals surface area contributed by atoms with Crippen LogP contribution in [0.1, 0.15) is 28.9 Å². The number of carbonyl (C=O) groups is 1. The van der Waals surface area contributed by atoms with Crippen molar-refractivity contribution in [1.82, 2.24) is 20.0 Å². The van der Waals surface area contributed by atoms with Gasteiger partial charge in [0.2, 0.25) is 0 Å². The van der Waals surface area contributed by atoms with E-state index in [1.165, 1.54) is 6.42 Å². The molecule has 2 aromatic rings. The Kier molecular flexibility index (Phi) is 5.21. The molecule has 2 heterocycles. The van der Waals surface area contributed by atoms with Gasteiger partial charge in [0.05, 0.1) is 23.1 Å². The molecule has 1 fully saturated rings. The van der Waals surface area contributed by atoms with E-state index >= 15 is 0 Å². The highest BCUT2D eigenvalue weighted by Gasteiger charge is 2.26. The molecule has 0 aliphatic carbocycles. The molecule has 0 unspecified atom stereocenters. The van der Waals surface area contributed by atoms with E-state index in [-0.39, 0.29) is 5.91 Å². The van der Waals surface area contributed by atoms with Crippen LogP contribution >= 0.6 is 11.6 Å². The molecule has 1 amide bonds. The molecule has 1 N–H and O–H groups in total. The lowest BCUT2D eigenvalue weighted by Crippen LogP contribution is -2.42. The smallest absolute Gasteiger partial charge is 0.257 e. The first-order valence-electron chi connectivity index (χ1n) is 8.34. The predicted octanol–water partition coefficient (Wildman–Crippen LogP) is 2.91. The summed E-state index contributed by atoms with van der Waals surface area (Å²) in [4.78, 5) is 14.9. The molecule has 3 rings (SSSR count). The number of halogens is 1. The number of amides is 1. The first-order chi connectivity index (χ1) is 11.6. The second-order valence-corrected chi connectivity index (χ2v) is 6.79. The number of hydrogen-bond acceptors (Lipinski definition) is 3. The summed E-state index contributed by atoms with van der Waals surface area (Å²) in [6.45, 7) is 4.50. The number of piperidine rings is 1. The zero-order valence-corrected chi connectivity index (χ0v) is 14.9. The Morgan fingerprint density at radius 3 is 3.04 bits per heavy atom. The van der Waals surface area contributed by atoms with Crippen LogP contribution in [0.5, 0.6) is 0 Å². The summed E-state index contributed by atoms with van der Waals surface area (Å²) in [6.07, 6.45) is 3.89. The summed E-state index contributed by atoms with van der Waals surface area (Å²) in [7, 11) is 1.96. The molecule has 0 saturated carbocycles. The van der Waals surface area contributed by atoms with E-state index in [0.29, 0.717) is 16.5 Å². The molecule has 1 aliphatic heterocycles. The standard InChI is InChI=1S/C18H23ClN4O/c1-13-17(11-21-23(13)16-7-3-6-15(19)9-16)18(24)22-8-4-5-14(12-22)10-20-2/h3,6-7,9,11,14,20H,4-5,8,10,12H2,1-2H3/t14-/m1/s1. The summed E-state index contributed by atoms with van der Waals surface area (Å²) < 4.78 is 1.77. The fraction of sp³-hybridized carbons (Fsp3) is 0.444. The first kappa shape index (κ1) is 17.0. The molecular weight excluding hydrogens is 324 g/mol. The maximum atomic E-state index is 12.9. The van der Waals surface area contributed by atoms with Crippen LogP contribution in [0.2, 0.25) is 5.02 Å². The number of nitrogens with one attached hydrogen (secondary N) is 1. The van der Waals surface area contributed by atoms with E-state index in [1.807, 2.05) is 43.1 Å². The van der Waals surface area contributed by atoms with E-state index in [4.69, 9.17) is 11.6 Å². The van der Waals surface area contributed by atoms with Crippen molar-refractivity contribution in [2.75, 3.05) is 26.7 Å². The number of aromatic nitrogens is 2. The number of carbonyl (C=O) groups excluding carboxylic acids is 1. The Morgan fingerprint density at radius 1 is 1.46 bits per heavy atom. The van der Waals surface area contributed by atoms with Crippen molar-refractivity contribution < 1.29 is 4.79 Å². The van der Waals surface area contributed by atoms with Crippen molar-refractivity contribution in [1.29, 1.82) is 0 Å². The molecule has 128 valence electrons. The van der Waals surface area contributed by atoms with Gasteiger partial charge in [-0.2, -0.15) is 5.10 Å². The Balaban J connectivity index is 1.81. The third kappa shape index (κ3) is 3.47. The molecular formula is C18H23ClN4O. The second-order valence-electron chi connectivity index (χ2n) is 6.35. The van der Waals surface area contributed by atoms with Gasteiger partial charge in [-0.1, -0.05) is 17.7 Å². The van der Waals surface area contributed by atoms with Crippen molar-refractivity contribution in [3.05, 3.63) is 46.7 Å². The fourth-order valence-electron chi connectivity index (χ4n) is 3.36. The summed E-state index contributed by atoms with van der Waals surface area (Å²) >= 11 is 6.06. The van der Waals surface area contributed by atoms with E-state index < -0.39 is 0 Å². The van der Waals surface area contributed by atoms with E-state index in [1.54, 1.807) is 10.9 Å². The van der Waals surface area contributed by atoms with Gasteiger partial charge in [0.15, 0.2) is 0 Å². The van der Waals surface area contributed by atoms with Crippen molar-refractivity contribution in [3.8, 4) is 5.69 Å². The van der Waals surface area contributed by atoms with E-state index in [2.05, 4.69) is 10.4 Å². The minimum Gasteiger partial charge on any atom is -0.338 e. The molecule has 0 radical (unpaired) electrons. The highest BCUT2D eigenvalue weighted by Crippen LogP contribution is 2.22. The SMILES string of the molecule is CNC[C@H]1CCCN(C(=O)c2cnn(-c3cccc(Cl)c3)c2C)C1. The van der Waals surface area contributed by atoms with Gasteiger partial charge >= 0.3 is 0 Å². The van der Waals surface area contributed by atoms with Crippen LogP contribution < -0.4 is 5.32 Å². The first-order valence-corrected chi connectivity index (χ1v) is 8.72. The number of nitrogens with zero attached hydrogens (tertiary/aromatic N) is 3. The van der Waals surface area contributed by atoms with Gasteiger partial charge in [0, 0.05) is 18.1 Å². The summed E-state index contributed by atoms with van der Waals surface area (Å²) in [6, 6.07) is 7.49. The van der Waals surface area contributed by atoms with Crippen LogP contribution in [-0.4, -0.2) is 47.3 Å². The molecule has 5 nitrogen and oxygen atoms in total. The van der Waals surface area contributed by atoms with Crippen molar-refractivity contribution in [3.63, 3.8) is 0 Å². The summed E-state index contributed by atoms with van der Waals surface area (Å²) in [5.74, 6) is 0.595. The van der Waals surface area contributed by atoms with Crippen molar-refractivity contribution in [2.24, 2.45) is 5.92 Å². The summed E-state index contributed by atoms with van der Waals surface area (Å²) in [5, 5.41) is 8.26. The van der Waals surface area contributed by atoms with Crippen LogP contribution in [-0.2, 0) is 0 Å². The lowest BCUT2D eigenvalue weighted by Gasteiger charge is -2.32. The van der Waals surface area contributed by atoms with Gasteiger partial charge in [0.25, 0.3) is 5.91 Å². The van der Waals surface area contributed by atoms with Crippen LogP contribution in [0, 0.1) is 12.8 Å². The summed E-state index contributed by atoms with van der Waals surface area (Å²) in [5.41, 5.74) is 2.38. The van der Waals surface area contributed by atoms with Gasteiger partial charge < -0.3 is 10.2 Å². The maximum Gasteiger partial charge on any atom is 0.257 e. The van der Waals surface area contributed by atoms with Crippen LogP contribution in [0.4, 0.5) is 0 Å². The second kappa shape index (κ2) is 7.36. The number of benzene rings is 1. The van der Waals surface area contributed by atoms with Crippen molar-refractivity contribution in [2.45, 2.75) is 19.8 Å². The Morgan fingerprint density at radius 2 is 2.29 bits per heavy atom. The third-order valence-electron chi connectivity index (χ3n) is 4.59. The van der Waals surface area contributed by atoms with Gasteiger partial charge in [-0.25, -0.2) is 4.68 Å². The number of hydrogen-bond donors (Lipinski definition) is 1. The molecule has 1 saturated heterocycles. The quantitative estimate of drug-likeness (QED) is 0.926. The molecule has 1 atom stereocenters. The molecule has 6 heteroatoms. The number of rotatable bonds is 4. The molecule has 1 aromatic carbocycles. The van der Waals surface area contributed by atoms with Crippen LogP contribution in [0.3, 0.4) is 0 Å². The molecule has 24 heavy (non-hydrogen) atoms. The fourth-order valence-corrected chi connectivity index (χ4v) is 3.55.